The highest BCUT2D eigenvalue weighted by atomic mass is 16.2. The largest absolute Gasteiger partial charge is 0.370 e. The van der Waals surface area contributed by atoms with Gasteiger partial charge in [-0.05, 0) is 6.42 Å². The molecule has 0 fully saturated rings. The van der Waals surface area contributed by atoms with Gasteiger partial charge < -0.3 is 20.9 Å². The zero-order chi connectivity index (χ0) is 14.4. The van der Waals surface area contributed by atoms with Crippen LogP contribution >= 0.6 is 0 Å². The Morgan fingerprint density at radius 1 is 1.37 bits per heavy atom. The zero-order valence-electron chi connectivity index (χ0n) is 12.0. The van der Waals surface area contributed by atoms with Crippen molar-refractivity contribution in [2.45, 2.75) is 13.3 Å². The summed E-state index contributed by atoms with van der Waals surface area (Å²) in [5.41, 5.74) is 5.68. The molecular weight excluding hydrogens is 244 g/mol. The first kappa shape index (κ1) is 15.0. The first-order valence-electron chi connectivity index (χ1n) is 6.23. The van der Waals surface area contributed by atoms with E-state index in [9.17, 15) is 4.79 Å². The molecule has 19 heavy (non-hydrogen) atoms. The molecule has 0 aliphatic heterocycles. The van der Waals surface area contributed by atoms with Crippen molar-refractivity contribution in [1.29, 1.82) is 0 Å². The monoisotopic (exact) mass is 266 g/mol. The molecule has 0 spiro atoms. The van der Waals surface area contributed by atoms with Crippen LogP contribution in [0.3, 0.4) is 0 Å². The average Bonchev–Trinajstić information content (AvgIpc) is 2.35. The van der Waals surface area contributed by atoms with Gasteiger partial charge in [-0.25, -0.2) is 0 Å². The predicted molar refractivity (Wildman–Crippen MR) is 77.2 cm³/mol. The second-order valence-electron chi connectivity index (χ2n) is 4.54. The molecule has 1 rings (SSSR count). The molecule has 106 valence electrons. The average molecular weight is 266 g/mol. The highest BCUT2D eigenvalue weighted by molar-refractivity contribution is 5.80. The van der Waals surface area contributed by atoms with E-state index in [0.29, 0.717) is 11.6 Å². The lowest BCUT2D eigenvalue weighted by Crippen LogP contribution is -2.34. The highest BCUT2D eigenvalue weighted by Crippen LogP contribution is 2.15. The fourth-order valence-corrected chi connectivity index (χ4v) is 1.42. The van der Waals surface area contributed by atoms with Crippen molar-refractivity contribution in [3.63, 3.8) is 0 Å². The molecule has 0 saturated heterocycles. The number of nitrogen functional groups attached to an aromatic ring is 1. The Kier molecular flexibility index (Phi) is 5.35. The summed E-state index contributed by atoms with van der Waals surface area (Å²) in [5, 5.41) is 3.15. The number of nitrogens with one attached hydrogen (secondary N) is 1. The molecule has 0 saturated carbocycles. The number of likely N-dealkylation sites (N-methyl/N-ethyl adjacent to an activating group) is 2. The van der Waals surface area contributed by atoms with Crippen LogP contribution in [0.25, 0.3) is 0 Å². The van der Waals surface area contributed by atoms with Crippen LogP contribution in [0.4, 0.5) is 17.6 Å². The fourth-order valence-electron chi connectivity index (χ4n) is 1.42. The minimum absolute atomic E-state index is 0.00255. The molecule has 1 aromatic heterocycles. The van der Waals surface area contributed by atoms with E-state index < -0.39 is 0 Å². The van der Waals surface area contributed by atoms with Crippen LogP contribution in [-0.2, 0) is 4.79 Å². The Hall–Kier alpha value is -2.05. The molecule has 0 bridgehead atoms. The lowest BCUT2D eigenvalue weighted by atomic mass is 10.4. The van der Waals surface area contributed by atoms with Crippen molar-refractivity contribution in [3.8, 4) is 0 Å². The molecule has 1 amide bonds. The lowest BCUT2D eigenvalue weighted by molar-refractivity contribution is -0.127. The van der Waals surface area contributed by atoms with Gasteiger partial charge in [0.25, 0.3) is 0 Å². The SMILES string of the molecule is CCCNc1cc(N(C)CC(=O)N(C)C)nc(N)n1. The number of nitrogens with two attached hydrogens (primary N) is 1. The van der Waals surface area contributed by atoms with E-state index in [1.807, 2.05) is 0 Å². The standard InChI is InChI=1S/C12H22N6O/c1-5-6-14-9-7-10(16-12(13)15-9)18(4)8-11(19)17(2)3/h7H,5-6,8H2,1-4H3,(H3,13,14,15,16). The molecule has 0 aliphatic carbocycles. The Labute approximate surface area is 113 Å². The molecule has 1 aromatic rings. The van der Waals surface area contributed by atoms with Crippen molar-refractivity contribution in [2.75, 3.05) is 50.2 Å². The number of rotatable bonds is 6. The van der Waals surface area contributed by atoms with Crippen LogP contribution in [-0.4, -0.2) is 55.0 Å². The Morgan fingerprint density at radius 3 is 2.63 bits per heavy atom. The summed E-state index contributed by atoms with van der Waals surface area (Å²) in [6.07, 6.45) is 0.994. The molecule has 0 aliphatic rings. The van der Waals surface area contributed by atoms with Gasteiger partial charge in [-0.15, -0.1) is 0 Å². The summed E-state index contributed by atoms with van der Waals surface area (Å²) < 4.78 is 0. The first-order chi connectivity index (χ1) is 8.93. The van der Waals surface area contributed by atoms with E-state index in [4.69, 9.17) is 5.73 Å². The summed E-state index contributed by atoms with van der Waals surface area (Å²) in [6, 6.07) is 1.79. The normalized spacial score (nSPS) is 10.1. The Balaban J connectivity index is 2.81. The van der Waals surface area contributed by atoms with Crippen LogP contribution in [0.5, 0.6) is 0 Å². The molecule has 3 N–H and O–H groups in total. The van der Waals surface area contributed by atoms with E-state index >= 15 is 0 Å². The van der Waals surface area contributed by atoms with Gasteiger partial charge >= 0.3 is 0 Å². The second kappa shape index (κ2) is 6.77. The number of carbonyl (C=O) groups is 1. The highest BCUT2D eigenvalue weighted by Gasteiger charge is 2.12. The topological polar surface area (TPSA) is 87.4 Å². The molecule has 0 aromatic carbocycles. The van der Waals surface area contributed by atoms with Crippen molar-refractivity contribution in [1.82, 2.24) is 14.9 Å². The quantitative estimate of drug-likeness (QED) is 0.775. The smallest absolute Gasteiger partial charge is 0.241 e. The number of hydrogen-bond acceptors (Lipinski definition) is 6. The molecule has 7 nitrogen and oxygen atoms in total. The van der Waals surface area contributed by atoms with Gasteiger partial charge in [0.1, 0.15) is 11.6 Å². The number of aromatic nitrogens is 2. The summed E-state index contributed by atoms with van der Waals surface area (Å²) in [4.78, 5) is 23.2. The third kappa shape index (κ3) is 4.61. The van der Waals surface area contributed by atoms with Crippen LogP contribution in [0.2, 0.25) is 0 Å². The summed E-state index contributed by atoms with van der Waals surface area (Å²) in [7, 11) is 5.24. The molecule has 0 atom stereocenters. The summed E-state index contributed by atoms with van der Waals surface area (Å²) in [6.45, 7) is 3.13. The van der Waals surface area contributed by atoms with Crippen LogP contribution in [0, 0.1) is 0 Å². The maximum Gasteiger partial charge on any atom is 0.241 e. The molecule has 0 radical (unpaired) electrons. The van der Waals surface area contributed by atoms with Crippen LogP contribution in [0.1, 0.15) is 13.3 Å². The maximum absolute atomic E-state index is 11.7. The Morgan fingerprint density at radius 2 is 2.05 bits per heavy atom. The van der Waals surface area contributed by atoms with E-state index in [1.165, 1.54) is 4.90 Å². The van der Waals surface area contributed by atoms with Gasteiger partial charge in [0.2, 0.25) is 11.9 Å². The number of amides is 1. The Bertz CT molecular complexity index is 434. The van der Waals surface area contributed by atoms with Gasteiger partial charge in [0.05, 0.1) is 6.54 Å². The van der Waals surface area contributed by atoms with Gasteiger partial charge in [-0.1, -0.05) is 6.92 Å². The second-order valence-corrected chi connectivity index (χ2v) is 4.54. The maximum atomic E-state index is 11.7. The first-order valence-corrected chi connectivity index (χ1v) is 6.23. The minimum atomic E-state index is 0.00255. The minimum Gasteiger partial charge on any atom is -0.370 e. The third-order valence-electron chi connectivity index (χ3n) is 2.55. The van der Waals surface area contributed by atoms with Crippen molar-refractivity contribution >= 4 is 23.5 Å². The lowest BCUT2D eigenvalue weighted by Gasteiger charge is -2.20. The van der Waals surface area contributed by atoms with E-state index in [0.717, 1.165) is 13.0 Å². The van der Waals surface area contributed by atoms with Crippen LogP contribution < -0.4 is 16.0 Å². The third-order valence-corrected chi connectivity index (χ3v) is 2.55. The number of carbonyl (C=O) groups excluding carboxylic acids is 1. The van der Waals surface area contributed by atoms with Gasteiger partial charge in [-0.2, -0.15) is 9.97 Å². The number of anilines is 3. The van der Waals surface area contributed by atoms with E-state index in [-0.39, 0.29) is 18.4 Å². The van der Waals surface area contributed by atoms with Gasteiger partial charge in [0.15, 0.2) is 0 Å². The molecule has 0 unspecified atom stereocenters. The van der Waals surface area contributed by atoms with E-state index in [1.54, 1.807) is 32.1 Å². The summed E-state index contributed by atoms with van der Waals surface area (Å²) >= 11 is 0. The summed E-state index contributed by atoms with van der Waals surface area (Å²) in [5.74, 6) is 1.50. The zero-order valence-corrected chi connectivity index (χ0v) is 12.0. The van der Waals surface area contributed by atoms with E-state index in [2.05, 4.69) is 22.2 Å². The van der Waals surface area contributed by atoms with Gasteiger partial charge in [-0.3, -0.25) is 4.79 Å². The van der Waals surface area contributed by atoms with Crippen molar-refractivity contribution in [3.05, 3.63) is 6.07 Å². The number of hydrogen-bond donors (Lipinski definition) is 2. The predicted octanol–water partition coefficient (Wildman–Crippen LogP) is 0.405. The fraction of sp³-hybridized carbons (Fsp3) is 0.583. The van der Waals surface area contributed by atoms with Crippen LogP contribution in [0.15, 0.2) is 6.07 Å². The van der Waals surface area contributed by atoms with Crippen molar-refractivity contribution in [2.24, 2.45) is 0 Å². The van der Waals surface area contributed by atoms with Gasteiger partial charge in [0, 0.05) is 33.8 Å². The number of nitrogens with zero attached hydrogens (tertiary/aromatic N) is 4. The molecule has 1 heterocycles. The van der Waals surface area contributed by atoms with Crippen molar-refractivity contribution < 1.29 is 4.79 Å². The molecular formula is C12H22N6O. The molecule has 7 heteroatoms.